The zero-order chi connectivity index (χ0) is 12.1. The second kappa shape index (κ2) is 6.14. The quantitative estimate of drug-likeness (QED) is 0.704. The van der Waals surface area contributed by atoms with Crippen LogP contribution in [0.5, 0.6) is 0 Å². The molecule has 2 rings (SSSR count). The SMILES string of the molecule is CNCC1(CN2CCC(CCO)C2)CCOC1. The fraction of sp³-hybridized carbons (Fsp3) is 1.00. The highest BCUT2D eigenvalue weighted by molar-refractivity contribution is 4.90. The lowest BCUT2D eigenvalue weighted by Gasteiger charge is -2.32. The summed E-state index contributed by atoms with van der Waals surface area (Å²) >= 11 is 0. The molecule has 2 saturated heterocycles. The zero-order valence-corrected chi connectivity index (χ0v) is 11.0. The molecule has 100 valence electrons. The van der Waals surface area contributed by atoms with Gasteiger partial charge >= 0.3 is 0 Å². The first-order valence-electron chi connectivity index (χ1n) is 6.83. The van der Waals surface area contributed by atoms with Gasteiger partial charge in [0.1, 0.15) is 0 Å². The summed E-state index contributed by atoms with van der Waals surface area (Å²) in [5, 5.41) is 12.3. The maximum Gasteiger partial charge on any atom is 0.0547 e. The van der Waals surface area contributed by atoms with E-state index < -0.39 is 0 Å². The Morgan fingerprint density at radius 1 is 1.53 bits per heavy atom. The van der Waals surface area contributed by atoms with Crippen LogP contribution in [0, 0.1) is 11.3 Å². The van der Waals surface area contributed by atoms with Gasteiger partial charge in [-0.15, -0.1) is 0 Å². The third-order valence-electron chi connectivity index (χ3n) is 4.20. The van der Waals surface area contributed by atoms with Crippen molar-refractivity contribution in [3.8, 4) is 0 Å². The van der Waals surface area contributed by atoms with Gasteiger partial charge in [-0.1, -0.05) is 0 Å². The van der Waals surface area contributed by atoms with Crippen molar-refractivity contribution in [2.45, 2.75) is 19.3 Å². The number of ether oxygens (including phenoxy) is 1. The molecule has 2 aliphatic rings. The first-order chi connectivity index (χ1) is 8.28. The predicted molar refractivity (Wildman–Crippen MR) is 68.0 cm³/mol. The molecule has 17 heavy (non-hydrogen) atoms. The van der Waals surface area contributed by atoms with Crippen LogP contribution in [0.3, 0.4) is 0 Å². The maximum atomic E-state index is 8.98. The molecule has 2 atom stereocenters. The van der Waals surface area contributed by atoms with Crippen LogP contribution in [0.1, 0.15) is 19.3 Å². The van der Waals surface area contributed by atoms with E-state index in [1.807, 2.05) is 7.05 Å². The van der Waals surface area contributed by atoms with E-state index in [0.717, 1.165) is 39.3 Å². The van der Waals surface area contributed by atoms with Gasteiger partial charge in [0.25, 0.3) is 0 Å². The average Bonchev–Trinajstić information content (AvgIpc) is 2.91. The number of aliphatic hydroxyl groups is 1. The van der Waals surface area contributed by atoms with Crippen LogP contribution in [0.15, 0.2) is 0 Å². The number of nitrogens with zero attached hydrogens (tertiary/aromatic N) is 1. The monoisotopic (exact) mass is 242 g/mol. The number of aliphatic hydroxyl groups excluding tert-OH is 1. The molecule has 0 radical (unpaired) electrons. The van der Waals surface area contributed by atoms with Crippen molar-refractivity contribution in [2.24, 2.45) is 11.3 Å². The standard InChI is InChI=1S/C13H26N2O2/c1-14-9-13(4-7-17-11-13)10-15-5-2-12(8-15)3-6-16/h12,14,16H,2-11H2,1H3. The molecule has 0 aromatic carbocycles. The van der Waals surface area contributed by atoms with Crippen molar-refractivity contribution in [3.63, 3.8) is 0 Å². The Kier molecular flexibility index (Phi) is 4.79. The number of hydrogen-bond acceptors (Lipinski definition) is 4. The smallest absolute Gasteiger partial charge is 0.0547 e. The molecule has 0 aromatic rings. The van der Waals surface area contributed by atoms with Crippen LogP contribution in [-0.4, -0.2) is 63.1 Å². The van der Waals surface area contributed by atoms with Crippen LogP contribution in [0.25, 0.3) is 0 Å². The first-order valence-corrected chi connectivity index (χ1v) is 6.83. The van der Waals surface area contributed by atoms with Crippen LogP contribution in [0.4, 0.5) is 0 Å². The molecule has 2 unspecified atom stereocenters. The predicted octanol–water partition coefficient (Wildman–Crippen LogP) is 0.317. The highest BCUT2D eigenvalue weighted by Gasteiger charge is 2.37. The molecule has 0 amide bonds. The Hall–Kier alpha value is -0.160. The van der Waals surface area contributed by atoms with Gasteiger partial charge in [0, 0.05) is 38.3 Å². The lowest BCUT2D eigenvalue weighted by Crippen LogP contribution is -2.43. The van der Waals surface area contributed by atoms with Crippen LogP contribution in [0.2, 0.25) is 0 Å². The van der Waals surface area contributed by atoms with E-state index in [0.29, 0.717) is 17.9 Å². The second-order valence-electron chi connectivity index (χ2n) is 5.74. The minimum absolute atomic E-state index is 0.322. The summed E-state index contributed by atoms with van der Waals surface area (Å²) in [5.41, 5.74) is 0.322. The Bertz CT molecular complexity index is 229. The van der Waals surface area contributed by atoms with E-state index in [-0.39, 0.29) is 0 Å². The molecule has 0 bridgehead atoms. The molecule has 2 fully saturated rings. The molecule has 4 heteroatoms. The van der Waals surface area contributed by atoms with Gasteiger partial charge in [-0.25, -0.2) is 0 Å². The van der Waals surface area contributed by atoms with Gasteiger partial charge in [-0.3, -0.25) is 0 Å². The van der Waals surface area contributed by atoms with E-state index in [4.69, 9.17) is 9.84 Å². The lowest BCUT2D eigenvalue weighted by atomic mass is 9.86. The Morgan fingerprint density at radius 2 is 2.41 bits per heavy atom. The molecular weight excluding hydrogens is 216 g/mol. The fourth-order valence-electron chi connectivity index (χ4n) is 3.29. The second-order valence-corrected chi connectivity index (χ2v) is 5.74. The van der Waals surface area contributed by atoms with E-state index >= 15 is 0 Å². The lowest BCUT2D eigenvalue weighted by molar-refractivity contribution is 0.117. The first kappa shape index (κ1) is 13.3. The topological polar surface area (TPSA) is 44.7 Å². The third kappa shape index (κ3) is 3.41. The van der Waals surface area contributed by atoms with Crippen LogP contribution in [-0.2, 0) is 4.74 Å². The van der Waals surface area contributed by atoms with E-state index in [2.05, 4.69) is 10.2 Å². The summed E-state index contributed by atoms with van der Waals surface area (Å²) in [5.74, 6) is 0.703. The number of nitrogens with one attached hydrogen (secondary N) is 1. The molecule has 2 aliphatic heterocycles. The molecule has 0 aromatic heterocycles. The Labute approximate surface area is 104 Å². The van der Waals surface area contributed by atoms with Crippen molar-refractivity contribution in [2.75, 3.05) is 53.0 Å². The van der Waals surface area contributed by atoms with Gasteiger partial charge in [0.2, 0.25) is 0 Å². The minimum atomic E-state index is 0.322. The van der Waals surface area contributed by atoms with E-state index in [1.165, 1.54) is 19.4 Å². The maximum absolute atomic E-state index is 8.98. The van der Waals surface area contributed by atoms with Crippen molar-refractivity contribution >= 4 is 0 Å². The summed E-state index contributed by atoms with van der Waals surface area (Å²) in [6.45, 7) is 6.69. The number of likely N-dealkylation sites (tertiary alicyclic amines) is 1. The molecule has 4 nitrogen and oxygen atoms in total. The zero-order valence-electron chi connectivity index (χ0n) is 11.0. The van der Waals surface area contributed by atoms with Crippen LogP contribution >= 0.6 is 0 Å². The highest BCUT2D eigenvalue weighted by atomic mass is 16.5. The average molecular weight is 242 g/mol. The molecule has 0 aliphatic carbocycles. The van der Waals surface area contributed by atoms with Gasteiger partial charge in [-0.05, 0) is 38.8 Å². The third-order valence-corrected chi connectivity index (χ3v) is 4.20. The van der Waals surface area contributed by atoms with Crippen molar-refractivity contribution < 1.29 is 9.84 Å². The summed E-state index contributed by atoms with van der Waals surface area (Å²) in [6, 6.07) is 0. The summed E-state index contributed by atoms with van der Waals surface area (Å²) in [6.07, 6.45) is 3.39. The van der Waals surface area contributed by atoms with Crippen molar-refractivity contribution in [1.82, 2.24) is 10.2 Å². The molecule has 2 N–H and O–H groups in total. The van der Waals surface area contributed by atoms with Gasteiger partial charge in [0.05, 0.1) is 6.61 Å². The Morgan fingerprint density at radius 3 is 3.06 bits per heavy atom. The molecule has 0 saturated carbocycles. The Balaban J connectivity index is 1.83. The van der Waals surface area contributed by atoms with E-state index in [9.17, 15) is 0 Å². The van der Waals surface area contributed by atoms with Crippen molar-refractivity contribution in [1.29, 1.82) is 0 Å². The number of rotatable bonds is 6. The fourth-order valence-corrected chi connectivity index (χ4v) is 3.29. The summed E-state index contributed by atoms with van der Waals surface area (Å²) in [7, 11) is 2.03. The summed E-state index contributed by atoms with van der Waals surface area (Å²) < 4.78 is 5.59. The van der Waals surface area contributed by atoms with Crippen LogP contribution < -0.4 is 5.32 Å². The van der Waals surface area contributed by atoms with Gasteiger partial charge in [-0.2, -0.15) is 0 Å². The molecule has 0 spiro atoms. The van der Waals surface area contributed by atoms with E-state index in [1.54, 1.807) is 0 Å². The highest BCUT2D eigenvalue weighted by Crippen LogP contribution is 2.31. The number of hydrogen-bond donors (Lipinski definition) is 2. The minimum Gasteiger partial charge on any atom is -0.396 e. The molecular formula is C13H26N2O2. The largest absolute Gasteiger partial charge is 0.396 e. The van der Waals surface area contributed by atoms with Gasteiger partial charge < -0.3 is 20.1 Å². The normalized spacial score (nSPS) is 34.6. The molecule has 2 heterocycles. The van der Waals surface area contributed by atoms with Gasteiger partial charge in [0.15, 0.2) is 0 Å². The summed E-state index contributed by atoms with van der Waals surface area (Å²) in [4.78, 5) is 2.56. The van der Waals surface area contributed by atoms with Crippen molar-refractivity contribution in [3.05, 3.63) is 0 Å².